The third-order valence-corrected chi connectivity index (χ3v) is 2.52. The van der Waals surface area contributed by atoms with Crippen LogP contribution in [0.3, 0.4) is 0 Å². The number of rotatable bonds is 3. The van der Waals surface area contributed by atoms with E-state index >= 15 is 0 Å². The zero-order chi connectivity index (χ0) is 9.97. The molecule has 3 nitrogen and oxygen atoms in total. The highest BCUT2D eigenvalue weighted by Gasteiger charge is 2.01. The minimum Gasteiger partial charge on any atom is -0.383 e. The summed E-state index contributed by atoms with van der Waals surface area (Å²) in [5.74, 6) is 0. The number of fused-ring (bicyclic) bond motifs is 1. The molecule has 0 aliphatic heterocycles. The zero-order valence-corrected chi connectivity index (χ0v) is 8.80. The van der Waals surface area contributed by atoms with E-state index in [9.17, 15) is 0 Å². The van der Waals surface area contributed by atoms with Gasteiger partial charge in [0.05, 0.1) is 17.6 Å². The second-order valence-electron chi connectivity index (χ2n) is 3.09. The van der Waals surface area contributed by atoms with Gasteiger partial charge in [-0.15, -0.1) is 0 Å². The first-order valence-electron chi connectivity index (χ1n) is 4.49. The number of aromatic nitrogens is 2. The number of nitrogens with one attached hydrogen (secondary N) is 1. The number of methoxy groups -OCH3 is 1. The smallest absolute Gasteiger partial charge is 0.178 e. The van der Waals surface area contributed by atoms with E-state index in [0.29, 0.717) is 6.61 Å². The lowest BCUT2D eigenvalue weighted by atomic mass is 10.3. The van der Waals surface area contributed by atoms with E-state index in [4.69, 9.17) is 17.0 Å². The number of nitrogens with zero attached hydrogens (tertiary/aromatic N) is 1. The van der Waals surface area contributed by atoms with Gasteiger partial charge in [-0.3, -0.25) is 0 Å². The van der Waals surface area contributed by atoms with Crippen LogP contribution in [0, 0.1) is 4.77 Å². The molecular weight excluding hydrogens is 196 g/mol. The molecule has 0 unspecified atom stereocenters. The van der Waals surface area contributed by atoms with Crippen LogP contribution in [0.4, 0.5) is 0 Å². The Balaban J connectivity index is 2.51. The molecule has 0 atom stereocenters. The maximum Gasteiger partial charge on any atom is 0.178 e. The number of benzene rings is 1. The molecule has 1 heterocycles. The fourth-order valence-electron chi connectivity index (χ4n) is 1.51. The van der Waals surface area contributed by atoms with Crippen molar-refractivity contribution in [3.8, 4) is 0 Å². The molecule has 1 aromatic carbocycles. The minimum atomic E-state index is 0.677. The van der Waals surface area contributed by atoms with Gasteiger partial charge in [-0.2, -0.15) is 0 Å². The molecule has 2 aromatic rings. The Kier molecular flexibility index (Phi) is 2.65. The Morgan fingerprint density at radius 2 is 2.21 bits per heavy atom. The molecule has 0 bridgehead atoms. The normalized spacial score (nSPS) is 10.9. The van der Waals surface area contributed by atoms with Gasteiger partial charge in [-0.05, 0) is 24.4 Å². The van der Waals surface area contributed by atoms with Gasteiger partial charge < -0.3 is 14.3 Å². The first kappa shape index (κ1) is 9.43. The van der Waals surface area contributed by atoms with Crippen LogP contribution in [0.1, 0.15) is 0 Å². The first-order valence-corrected chi connectivity index (χ1v) is 4.90. The largest absolute Gasteiger partial charge is 0.383 e. The van der Waals surface area contributed by atoms with E-state index < -0.39 is 0 Å². The van der Waals surface area contributed by atoms with Crippen molar-refractivity contribution in [2.45, 2.75) is 6.54 Å². The fraction of sp³-hybridized carbons (Fsp3) is 0.300. The number of ether oxygens (including phenoxy) is 1. The number of hydrogen-bond acceptors (Lipinski definition) is 2. The van der Waals surface area contributed by atoms with E-state index in [-0.39, 0.29) is 0 Å². The van der Waals surface area contributed by atoms with Gasteiger partial charge in [0.15, 0.2) is 4.77 Å². The van der Waals surface area contributed by atoms with Crippen molar-refractivity contribution in [2.24, 2.45) is 0 Å². The standard InChI is InChI=1S/C10H12N2OS/c1-13-7-6-12-9-5-3-2-4-8(9)11-10(12)14/h2-5H,6-7H2,1H3,(H,11,14). The predicted octanol–water partition coefficient (Wildman–Crippen LogP) is 2.35. The molecule has 0 radical (unpaired) electrons. The van der Waals surface area contributed by atoms with E-state index in [1.165, 1.54) is 0 Å². The lowest BCUT2D eigenvalue weighted by Crippen LogP contribution is -2.03. The van der Waals surface area contributed by atoms with Gasteiger partial charge >= 0.3 is 0 Å². The number of para-hydroxylation sites is 2. The van der Waals surface area contributed by atoms with Crippen LogP contribution in [0.25, 0.3) is 11.0 Å². The molecule has 2 rings (SSSR count). The topological polar surface area (TPSA) is 29.9 Å². The monoisotopic (exact) mass is 208 g/mol. The Bertz CT molecular complexity index is 486. The summed E-state index contributed by atoms with van der Waals surface area (Å²) < 4.78 is 7.84. The van der Waals surface area contributed by atoms with Gasteiger partial charge in [-0.25, -0.2) is 0 Å². The van der Waals surface area contributed by atoms with Crippen LogP contribution in [-0.4, -0.2) is 23.3 Å². The number of H-pyrrole nitrogens is 1. The van der Waals surface area contributed by atoms with Crippen LogP contribution >= 0.6 is 12.2 Å². The van der Waals surface area contributed by atoms with E-state index in [1.807, 2.05) is 22.8 Å². The molecule has 74 valence electrons. The lowest BCUT2D eigenvalue weighted by molar-refractivity contribution is 0.188. The van der Waals surface area contributed by atoms with Crippen molar-refractivity contribution in [1.82, 2.24) is 9.55 Å². The molecule has 1 N–H and O–H groups in total. The summed E-state index contributed by atoms with van der Waals surface area (Å²) in [5, 5.41) is 0. The molecule has 0 saturated carbocycles. The van der Waals surface area contributed by atoms with Crippen molar-refractivity contribution < 1.29 is 4.74 Å². The average molecular weight is 208 g/mol. The summed E-state index contributed by atoms with van der Waals surface area (Å²) in [7, 11) is 1.69. The summed E-state index contributed by atoms with van der Waals surface area (Å²) in [6.07, 6.45) is 0. The third kappa shape index (κ3) is 1.58. The highest BCUT2D eigenvalue weighted by Crippen LogP contribution is 2.12. The van der Waals surface area contributed by atoms with Crippen molar-refractivity contribution in [3.05, 3.63) is 29.0 Å². The highest BCUT2D eigenvalue weighted by molar-refractivity contribution is 7.71. The Labute approximate surface area is 87.3 Å². The molecule has 0 aliphatic carbocycles. The molecule has 0 amide bonds. The van der Waals surface area contributed by atoms with Crippen LogP contribution in [0.2, 0.25) is 0 Å². The highest BCUT2D eigenvalue weighted by atomic mass is 32.1. The molecule has 4 heteroatoms. The van der Waals surface area contributed by atoms with Crippen molar-refractivity contribution in [1.29, 1.82) is 0 Å². The Hall–Kier alpha value is -1.13. The third-order valence-electron chi connectivity index (χ3n) is 2.20. The second kappa shape index (κ2) is 3.94. The number of imidazole rings is 1. The van der Waals surface area contributed by atoms with Crippen molar-refractivity contribution >= 4 is 23.3 Å². The number of aromatic amines is 1. The Morgan fingerprint density at radius 3 is 3.00 bits per heavy atom. The molecule has 0 spiro atoms. The summed E-state index contributed by atoms with van der Waals surface area (Å²) >= 11 is 5.22. The summed E-state index contributed by atoms with van der Waals surface area (Å²) in [4.78, 5) is 3.16. The molecule has 1 aromatic heterocycles. The van der Waals surface area contributed by atoms with Crippen LogP contribution in [0.5, 0.6) is 0 Å². The minimum absolute atomic E-state index is 0.677. The van der Waals surface area contributed by atoms with Crippen molar-refractivity contribution in [3.63, 3.8) is 0 Å². The summed E-state index contributed by atoms with van der Waals surface area (Å²) in [6, 6.07) is 8.08. The Morgan fingerprint density at radius 1 is 1.43 bits per heavy atom. The molecular formula is C10H12N2OS. The van der Waals surface area contributed by atoms with E-state index in [2.05, 4.69) is 11.1 Å². The second-order valence-corrected chi connectivity index (χ2v) is 3.48. The lowest BCUT2D eigenvalue weighted by Gasteiger charge is -2.02. The van der Waals surface area contributed by atoms with Gasteiger partial charge in [0, 0.05) is 13.7 Å². The van der Waals surface area contributed by atoms with Crippen LogP contribution < -0.4 is 0 Å². The first-order chi connectivity index (χ1) is 6.83. The quantitative estimate of drug-likeness (QED) is 0.785. The molecule has 0 aliphatic rings. The maximum absolute atomic E-state index is 5.22. The zero-order valence-electron chi connectivity index (χ0n) is 7.99. The fourth-order valence-corrected chi connectivity index (χ4v) is 1.81. The number of hydrogen-bond donors (Lipinski definition) is 1. The van der Waals surface area contributed by atoms with Crippen molar-refractivity contribution in [2.75, 3.05) is 13.7 Å². The molecule has 0 saturated heterocycles. The molecule has 0 fully saturated rings. The van der Waals surface area contributed by atoms with Crippen LogP contribution in [-0.2, 0) is 11.3 Å². The maximum atomic E-state index is 5.22. The van der Waals surface area contributed by atoms with Gasteiger partial charge in [0.2, 0.25) is 0 Å². The van der Waals surface area contributed by atoms with Gasteiger partial charge in [0.25, 0.3) is 0 Å². The summed E-state index contributed by atoms with van der Waals surface area (Å²) in [6.45, 7) is 1.47. The average Bonchev–Trinajstić information content (AvgIpc) is 2.51. The SMILES string of the molecule is COCCn1c(=S)[nH]c2ccccc21. The van der Waals surface area contributed by atoms with Crippen LogP contribution in [0.15, 0.2) is 24.3 Å². The van der Waals surface area contributed by atoms with Gasteiger partial charge in [-0.1, -0.05) is 12.1 Å². The molecule has 14 heavy (non-hydrogen) atoms. The van der Waals surface area contributed by atoms with Gasteiger partial charge in [0.1, 0.15) is 0 Å². The van der Waals surface area contributed by atoms with E-state index in [1.54, 1.807) is 7.11 Å². The predicted molar refractivity (Wildman–Crippen MR) is 59.0 cm³/mol. The summed E-state index contributed by atoms with van der Waals surface area (Å²) in [5.41, 5.74) is 2.21. The van der Waals surface area contributed by atoms with E-state index in [0.717, 1.165) is 22.3 Å².